The van der Waals surface area contributed by atoms with Crippen LogP contribution >= 0.6 is 0 Å². The molecular formula is C15H30N2O. The van der Waals surface area contributed by atoms with Crippen molar-refractivity contribution in [2.45, 2.75) is 58.2 Å². The molecule has 0 N–H and O–H groups in total. The van der Waals surface area contributed by atoms with Crippen LogP contribution in [0.5, 0.6) is 0 Å². The van der Waals surface area contributed by atoms with Crippen molar-refractivity contribution in [1.29, 1.82) is 0 Å². The van der Waals surface area contributed by atoms with Crippen LogP contribution < -0.4 is 0 Å². The number of ether oxygens (including phenoxy) is 1. The second-order valence-electron chi connectivity index (χ2n) is 6.43. The molecule has 2 aliphatic heterocycles. The van der Waals surface area contributed by atoms with E-state index in [-0.39, 0.29) is 0 Å². The number of methoxy groups -OCH3 is 1. The summed E-state index contributed by atoms with van der Waals surface area (Å²) in [5.41, 5.74) is 0. The van der Waals surface area contributed by atoms with E-state index in [0.717, 1.165) is 31.0 Å². The van der Waals surface area contributed by atoms with Gasteiger partial charge in [-0.05, 0) is 38.6 Å². The molecular weight excluding hydrogens is 224 g/mol. The topological polar surface area (TPSA) is 15.7 Å². The summed E-state index contributed by atoms with van der Waals surface area (Å²) in [6.07, 6.45) is 3.96. The molecule has 18 heavy (non-hydrogen) atoms. The molecule has 3 unspecified atom stereocenters. The van der Waals surface area contributed by atoms with E-state index < -0.39 is 0 Å². The largest absolute Gasteiger partial charge is 0.385 e. The van der Waals surface area contributed by atoms with Crippen LogP contribution in [0, 0.1) is 5.92 Å². The minimum atomic E-state index is 0.653. The first-order chi connectivity index (χ1) is 8.63. The van der Waals surface area contributed by atoms with Gasteiger partial charge in [-0.1, -0.05) is 13.8 Å². The maximum Gasteiger partial charge on any atom is 0.0477 e. The van der Waals surface area contributed by atoms with E-state index in [0.29, 0.717) is 6.04 Å². The highest BCUT2D eigenvalue weighted by Gasteiger charge is 2.38. The van der Waals surface area contributed by atoms with E-state index in [1.165, 1.54) is 32.5 Å². The van der Waals surface area contributed by atoms with Crippen molar-refractivity contribution in [2.75, 3.05) is 33.4 Å². The van der Waals surface area contributed by atoms with Gasteiger partial charge in [-0.25, -0.2) is 0 Å². The van der Waals surface area contributed by atoms with Gasteiger partial charge in [-0.3, -0.25) is 9.80 Å². The summed E-state index contributed by atoms with van der Waals surface area (Å²) in [5, 5.41) is 0. The molecule has 3 atom stereocenters. The fourth-order valence-electron chi connectivity index (χ4n) is 3.62. The van der Waals surface area contributed by atoms with Crippen LogP contribution in [0.15, 0.2) is 0 Å². The van der Waals surface area contributed by atoms with Crippen molar-refractivity contribution in [1.82, 2.24) is 9.80 Å². The Morgan fingerprint density at radius 2 is 2.00 bits per heavy atom. The van der Waals surface area contributed by atoms with E-state index in [4.69, 9.17) is 4.74 Å². The van der Waals surface area contributed by atoms with Crippen molar-refractivity contribution in [3.63, 3.8) is 0 Å². The molecule has 2 saturated heterocycles. The second kappa shape index (κ2) is 6.36. The highest BCUT2D eigenvalue weighted by Crippen LogP contribution is 2.29. The molecule has 2 heterocycles. The molecule has 0 radical (unpaired) electrons. The summed E-state index contributed by atoms with van der Waals surface area (Å²) in [7, 11) is 1.81. The Bertz CT molecular complexity index is 257. The van der Waals surface area contributed by atoms with Gasteiger partial charge < -0.3 is 4.74 Å². The van der Waals surface area contributed by atoms with Crippen LogP contribution in [0.3, 0.4) is 0 Å². The molecule has 0 spiro atoms. The minimum Gasteiger partial charge on any atom is -0.385 e. The molecule has 2 fully saturated rings. The van der Waals surface area contributed by atoms with Gasteiger partial charge in [-0.2, -0.15) is 0 Å². The van der Waals surface area contributed by atoms with Crippen molar-refractivity contribution >= 4 is 0 Å². The number of nitrogens with zero attached hydrogens (tertiary/aromatic N) is 2. The monoisotopic (exact) mass is 254 g/mol. The molecule has 3 nitrogen and oxygen atoms in total. The van der Waals surface area contributed by atoms with Crippen LogP contribution in [-0.2, 0) is 4.74 Å². The highest BCUT2D eigenvalue weighted by atomic mass is 16.5. The fraction of sp³-hybridized carbons (Fsp3) is 1.00. The van der Waals surface area contributed by atoms with Crippen LogP contribution in [-0.4, -0.2) is 61.3 Å². The molecule has 0 aliphatic carbocycles. The molecule has 0 aromatic heterocycles. The van der Waals surface area contributed by atoms with Crippen molar-refractivity contribution in [3.05, 3.63) is 0 Å². The van der Waals surface area contributed by atoms with Gasteiger partial charge in [0, 0.05) is 44.9 Å². The summed E-state index contributed by atoms with van der Waals surface area (Å²) in [6, 6.07) is 2.20. The Hall–Kier alpha value is -0.120. The van der Waals surface area contributed by atoms with Crippen LogP contribution in [0.1, 0.15) is 40.0 Å². The van der Waals surface area contributed by atoms with Gasteiger partial charge in [0.15, 0.2) is 0 Å². The molecule has 0 aromatic rings. The Morgan fingerprint density at radius 3 is 2.67 bits per heavy atom. The standard InChI is InChI=1S/C15H30N2O/c1-12(2)15-11-16-8-5-6-14(16)10-17(15)13(3)7-9-18-4/h12-15H,5-11H2,1-4H3. The normalized spacial score (nSPS) is 31.8. The fourth-order valence-corrected chi connectivity index (χ4v) is 3.62. The van der Waals surface area contributed by atoms with E-state index in [2.05, 4.69) is 30.6 Å². The van der Waals surface area contributed by atoms with Gasteiger partial charge in [0.2, 0.25) is 0 Å². The predicted octanol–water partition coefficient (Wildman–Crippen LogP) is 2.22. The summed E-state index contributed by atoms with van der Waals surface area (Å²) >= 11 is 0. The maximum absolute atomic E-state index is 5.25. The third-order valence-electron chi connectivity index (χ3n) is 4.84. The molecule has 0 bridgehead atoms. The van der Waals surface area contributed by atoms with E-state index in [1.807, 2.05) is 7.11 Å². The van der Waals surface area contributed by atoms with Crippen LogP contribution in [0.25, 0.3) is 0 Å². The smallest absolute Gasteiger partial charge is 0.0477 e. The third-order valence-corrected chi connectivity index (χ3v) is 4.84. The SMILES string of the molecule is COCCC(C)N1CC2CCCN2CC1C(C)C. The Balaban J connectivity index is 2.00. The first-order valence-electron chi connectivity index (χ1n) is 7.62. The third kappa shape index (κ3) is 3.06. The lowest BCUT2D eigenvalue weighted by Crippen LogP contribution is -2.60. The summed E-state index contributed by atoms with van der Waals surface area (Å²) < 4.78 is 5.25. The number of hydrogen-bond acceptors (Lipinski definition) is 3. The van der Waals surface area contributed by atoms with Crippen LogP contribution in [0.4, 0.5) is 0 Å². The molecule has 2 rings (SSSR count). The van der Waals surface area contributed by atoms with Gasteiger partial charge in [0.1, 0.15) is 0 Å². The van der Waals surface area contributed by atoms with Crippen molar-refractivity contribution < 1.29 is 4.74 Å². The van der Waals surface area contributed by atoms with Gasteiger partial charge in [0.25, 0.3) is 0 Å². The zero-order chi connectivity index (χ0) is 13.1. The zero-order valence-corrected chi connectivity index (χ0v) is 12.6. The summed E-state index contributed by atoms with van der Waals surface area (Å²) in [4.78, 5) is 5.49. The highest BCUT2D eigenvalue weighted by molar-refractivity contribution is 4.94. The number of hydrogen-bond donors (Lipinski definition) is 0. The lowest BCUT2D eigenvalue weighted by atomic mass is 9.95. The Morgan fingerprint density at radius 1 is 1.22 bits per heavy atom. The first-order valence-corrected chi connectivity index (χ1v) is 7.62. The molecule has 106 valence electrons. The summed E-state index contributed by atoms with van der Waals surface area (Å²) in [6.45, 7) is 11.9. The molecule has 2 aliphatic rings. The van der Waals surface area contributed by atoms with E-state index in [1.54, 1.807) is 0 Å². The van der Waals surface area contributed by atoms with Gasteiger partial charge >= 0.3 is 0 Å². The lowest BCUT2D eigenvalue weighted by molar-refractivity contribution is -0.00305. The maximum atomic E-state index is 5.25. The van der Waals surface area contributed by atoms with Gasteiger partial charge in [-0.15, -0.1) is 0 Å². The lowest BCUT2D eigenvalue weighted by Gasteiger charge is -2.48. The predicted molar refractivity (Wildman–Crippen MR) is 75.9 cm³/mol. The average Bonchev–Trinajstić information content (AvgIpc) is 2.81. The molecule has 0 amide bonds. The van der Waals surface area contributed by atoms with E-state index in [9.17, 15) is 0 Å². The zero-order valence-electron chi connectivity index (χ0n) is 12.6. The van der Waals surface area contributed by atoms with Crippen molar-refractivity contribution in [3.8, 4) is 0 Å². The number of fused-ring (bicyclic) bond motifs is 1. The van der Waals surface area contributed by atoms with Crippen molar-refractivity contribution in [2.24, 2.45) is 5.92 Å². The number of rotatable bonds is 5. The Labute approximate surface area is 112 Å². The molecule has 0 aromatic carbocycles. The molecule has 0 saturated carbocycles. The Kier molecular flexibility index (Phi) is 5.05. The average molecular weight is 254 g/mol. The summed E-state index contributed by atoms with van der Waals surface area (Å²) in [5.74, 6) is 0.747. The minimum absolute atomic E-state index is 0.653. The quantitative estimate of drug-likeness (QED) is 0.748. The first kappa shape index (κ1) is 14.3. The van der Waals surface area contributed by atoms with Gasteiger partial charge in [0.05, 0.1) is 0 Å². The number of piperazine rings is 1. The molecule has 3 heteroatoms. The van der Waals surface area contributed by atoms with Crippen LogP contribution in [0.2, 0.25) is 0 Å². The second-order valence-corrected chi connectivity index (χ2v) is 6.43. The van der Waals surface area contributed by atoms with E-state index >= 15 is 0 Å².